The standard InChI is InChI=1S/C12H20N6S/c1-4-13-10(11-7-19-17-16-11)5-12-14-8-15-18(12)6-9(2)3/h7-10,13H,4-6H2,1-3H3. The predicted molar refractivity (Wildman–Crippen MR) is 74.9 cm³/mol. The number of hydrogen-bond acceptors (Lipinski definition) is 6. The molecule has 7 heteroatoms. The molecule has 0 saturated heterocycles. The molecule has 0 spiro atoms. The Morgan fingerprint density at radius 3 is 2.89 bits per heavy atom. The van der Waals surface area contributed by atoms with E-state index in [0.29, 0.717) is 5.92 Å². The zero-order valence-electron chi connectivity index (χ0n) is 11.6. The van der Waals surface area contributed by atoms with Gasteiger partial charge in [0.1, 0.15) is 12.2 Å². The molecule has 1 unspecified atom stereocenters. The van der Waals surface area contributed by atoms with Crippen molar-refractivity contribution in [3.63, 3.8) is 0 Å². The first kappa shape index (κ1) is 14.1. The van der Waals surface area contributed by atoms with Gasteiger partial charge in [-0.15, -0.1) is 5.10 Å². The van der Waals surface area contributed by atoms with Crippen molar-refractivity contribution in [1.82, 2.24) is 29.7 Å². The van der Waals surface area contributed by atoms with E-state index in [9.17, 15) is 0 Å². The van der Waals surface area contributed by atoms with Crippen LogP contribution in [0.1, 0.15) is 38.3 Å². The lowest BCUT2D eigenvalue weighted by atomic mass is 10.1. The van der Waals surface area contributed by atoms with E-state index in [-0.39, 0.29) is 6.04 Å². The topological polar surface area (TPSA) is 68.5 Å². The van der Waals surface area contributed by atoms with Crippen molar-refractivity contribution in [2.45, 2.75) is 39.8 Å². The van der Waals surface area contributed by atoms with E-state index in [1.165, 1.54) is 11.5 Å². The normalized spacial score (nSPS) is 13.1. The second-order valence-corrected chi connectivity index (χ2v) is 5.51. The van der Waals surface area contributed by atoms with Crippen molar-refractivity contribution >= 4 is 11.5 Å². The molecule has 0 aliphatic carbocycles. The summed E-state index contributed by atoms with van der Waals surface area (Å²) in [5.41, 5.74) is 0.978. The van der Waals surface area contributed by atoms with Crippen LogP contribution < -0.4 is 5.32 Å². The summed E-state index contributed by atoms with van der Waals surface area (Å²) in [4.78, 5) is 4.37. The van der Waals surface area contributed by atoms with Crippen LogP contribution in [0.5, 0.6) is 0 Å². The molecular formula is C12H20N6S. The first-order chi connectivity index (χ1) is 9.20. The molecule has 19 heavy (non-hydrogen) atoms. The summed E-state index contributed by atoms with van der Waals surface area (Å²) >= 11 is 1.38. The van der Waals surface area contributed by atoms with Crippen LogP contribution in [-0.4, -0.2) is 30.9 Å². The number of hydrogen-bond donors (Lipinski definition) is 1. The van der Waals surface area contributed by atoms with Gasteiger partial charge in [-0.3, -0.25) is 0 Å². The highest BCUT2D eigenvalue weighted by Crippen LogP contribution is 2.16. The lowest BCUT2D eigenvalue weighted by Gasteiger charge is -2.16. The lowest BCUT2D eigenvalue weighted by Crippen LogP contribution is -2.25. The van der Waals surface area contributed by atoms with Crippen LogP contribution in [0, 0.1) is 5.92 Å². The zero-order chi connectivity index (χ0) is 13.7. The van der Waals surface area contributed by atoms with Gasteiger partial charge in [-0.1, -0.05) is 25.3 Å². The molecule has 6 nitrogen and oxygen atoms in total. The molecule has 0 saturated carbocycles. The molecule has 0 radical (unpaired) electrons. The van der Waals surface area contributed by atoms with E-state index in [4.69, 9.17) is 0 Å². The molecule has 2 aromatic rings. The molecule has 0 bridgehead atoms. The van der Waals surface area contributed by atoms with Gasteiger partial charge in [0.25, 0.3) is 0 Å². The molecule has 0 fully saturated rings. The second-order valence-electron chi connectivity index (χ2n) is 4.90. The van der Waals surface area contributed by atoms with Gasteiger partial charge < -0.3 is 5.32 Å². The minimum atomic E-state index is 0.152. The number of nitrogens with zero attached hydrogens (tertiary/aromatic N) is 5. The Morgan fingerprint density at radius 1 is 1.42 bits per heavy atom. The van der Waals surface area contributed by atoms with Gasteiger partial charge in [0.15, 0.2) is 0 Å². The Kier molecular flexibility index (Phi) is 4.98. The summed E-state index contributed by atoms with van der Waals surface area (Å²) in [6, 6.07) is 0.152. The van der Waals surface area contributed by atoms with Crippen LogP contribution in [0.25, 0.3) is 0 Å². The van der Waals surface area contributed by atoms with Crippen molar-refractivity contribution in [2.75, 3.05) is 6.54 Å². The van der Waals surface area contributed by atoms with E-state index < -0.39 is 0 Å². The maximum Gasteiger partial charge on any atom is 0.138 e. The number of likely N-dealkylation sites (N-methyl/N-ethyl adjacent to an activating group) is 1. The number of aromatic nitrogens is 5. The van der Waals surface area contributed by atoms with E-state index in [0.717, 1.165) is 31.0 Å². The van der Waals surface area contributed by atoms with Gasteiger partial charge >= 0.3 is 0 Å². The summed E-state index contributed by atoms with van der Waals surface area (Å²) in [6.45, 7) is 8.23. The van der Waals surface area contributed by atoms with Gasteiger partial charge in [-0.2, -0.15) is 5.10 Å². The lowest BCUT2D eigenvalue weighted by molar-refractivity contribution is 0.444. The summed E-state index contributed by atoms with van der Waals surface area (Å²) in [5.74, 6) is 1.55. The molecular weight excluding hydrogens is 260 g/mol. The minimum Gasteiger partial charge on any atom is -0.308 e. The third-order valence-corrected chi connectivity index (χ3v) is 3.33. The maximum absolute atomic E-state index is 4.37. The average molecular weight is 280 g/mol. The molecule has 0 aliphatic rings. The fourth-order valence-corrected chi connectivity index (χ4v) is 2.49. The Hall–Kier alpha value is -1.34. The Bertz CT molecular complexity index is 478. The molecule has 1 atom stereocenters. The molecule has 0 aliphatic heterocycles. The van der Waals surface area contributed by atoms with Gasteiger partial charge in [-0.05, 0) is 24.0 Å². The molecule has 0 aromatic carbocycles. The Balaban J connectivity index is 2.11. The minimum absolute atomic E-state index is 0.152. The Morgan fingerprint density at radius 2 is 2.26 bits per heavy atom. The first-order valence-corrected chi connectivity index (χ1v) is 7.41. The van der Waals surface area contributed by atoms with Crippen LogP contribution in [0.3, 0.4) is 0 Å². The molecule has 0 amide bonds. The highest BCUT2D eigenvalue weighted by Gasteiger charge is 2.17. The number of nitrogens with one attached hydrogen (secondary N) is 1. The van der Waals surface area contributed by atoms with Crippen molar-refractivity contribution in [3.8, 4) is 0 Å². The average Bonchev–Trinajstić information content (AvgIpc) is 3.00. The van der Waals surface area contributed by atoms with E-state index in [1.54, 1.807) is 6.33 Å². The largest absolute Gasteiger partial charge is 0.308 e. The fourth-order valence-electron chi connectivity index (χ4n) is 1.98. The SMILES string of the molecule is CCNC(Cc1ncnn1CC(C)C)c1csnn1. The Labute approximate surface area is 117 Å². The molecule has 1 N–H and O–H groups in total. The highest BCUT2D eigenvalue weighted by atomic mass is 32.1. The van der Waals surface area contributed by atoms with Crippen LogP contribution in [0.4, 0.5) is 0 Å². The van der Waals surface area contributed by atoms with Crippen molar-refractivity contribution in [3.05, 3.63) is 23.2 Å². The number of rotatable bonds is 7. The molecule has 2 rings (SSSR count). The molecule has 104 valence electrons. The maximum atomic E-state index is 4.37. The van der Waals surface area contributed by atoms with Crippen LogP contribution in [0.2, 0.25) is 0 Å². The predicted octanol–water partition coefficient (Wildman–Crippen LogP) is 1.68. The summed E-state index contributed by atoms with van der Waals surface area (Å²) < 4.78 is 5.92. The molecule has 2 aromatic heterocycles. The monoisotopic (exact) mass is 280 g/mol. The molecule has 2 heterocycles. The fraction of sp³-hybridized carbons (Fsp3) is 0.667. The van der Waals surface area contributed by atoms with Crippen LogP contribution >= 0.6 is 11.5 Å². The summed E-state index contributed by atoms with van der Waals surface area (Å²) in [6.07, 6.45) is 2.41. The smallest absolute Gasteiger partial charge is 0.138 e. The summed E-state index contributed by atoms with van der Waals surface area (Å²) in [5, 5.41) is 13.9. The van der Waals surface area contributed by atoms with Gasteiger partial charge in [-0.25, -0.2) is 9.67 Å². The highest BCUT2D eigenvalue weighted by molar-refractivity contribution is 7.03. The third-order valence-electron chi connectivity index (χ3n) is 2.80. The van der Waals surface area contributed by atoms with E-state index in [1.807, 2.05) is 10.1 Å². The summed E-state index contributed by atoms with van der Waals surface area (Å²) in [7, 11) is 0. The van der Waals surface area contributed by atoms with Gasteiger partial charge in [0.2, 0.25) is 0 Å². The van der Waals surface area contributed by atoms with Crippen LogP contribution in [-0.2, 0) is 13.0 Å². The quantitative estimate of drug-likeness (QED) is 0.835. The van der Waals surface area contributed by atoms with Crippen molar-refractivity contribution in [2.24, 2.45) is 5.92 Å². The van der Waals surface area contributed by atoms with Crippen LogP contribution in [0.15, 0.2) is 11.7 Å². The van der Waals surface area contributed by atoms with E-state index >= 15 is 0 Å². The van der Waals surface area contributed by atoms with Gasteiger partial charge in [0, 0.05) is 18.3 Å². The van der Waals surface area contributed by atoms with E-state index in [2.05, 4.69) is 45.8 Å². The second kappa shape index (κ2) is 6.72. The third kappa shape index (κ3) is 3.81. The van der Waals surface area contributed by atoms with Crippen molar-refractivity contribution in [1.29, 1.82) is 0 Å². The zero-order valence-corrected chi connectivity index (χ0v) is 12.4. The van der Waals surface area contributed by atoms with Gasteiger partial charge in [0.05, 0.1) is 11.7 Å². The first-order valence-electron chi connectivity index (χ1n) is 6.57. The van der Waals surface area contributed by atoms with Crippen molar-refractivity contribution < 1.29 is 0 Å².